The van der Waals surface area contributed by atoms with Crippen LogP contribution in [0.3, 0.4) is 0 Å². The Kier molecular flexibility index (Phi) is 6.46. The van der Waals surface area contributed by atoms with Gasteiger partial charge in [0.15, 0.2) is 12.4 Å². The third-order valence-corrected chi connectivity index (χ3v) is 4.73. The van der Waals surface area contributed by atoms with Gasteiger partial charge in [0.2, 0.25) is 5.91 Å². The maximum absolute atomic E-state index is 12.3. The lowest BCUT2D eigenvalue weighted by molar-refractivity contribution is -0.147. The standard InChI is InChI=1S/C22H22N2O6/c1-14-4-3-5-16(10-14)21(27)23-24-12-17(11-20(24)26)22(28)30-13-19(25)15-6-8-18(29-2)9-7-15/h3-10,17H,11-13H2,1-2H3,(H,23,27)/t17-/m0/s1. The number of carbonyl (C=O) groups excluding carboxylic acids is 4. The van der Waals surface area contributed by atoms with Crippen LogP contribution in [0.5, 0.6) is 5.75 Å². The van der Waals surface area contributed by atoms with E-state index in [1.807, 2.05) is 13.0 Å². The average Bonchev–Trinajstić information content (AvgIpc) is 3.12. The maximum Gasteiger partial charge on any atom is 0.311 e. The number of aryl methyl sites for hydroxylation is 1. The van der Waals surface area contributed by atoms with Crippen LogP contribution in [-0.4, -0.2) is 48.8 Å². The van der Waals surface area contributed by atoms with E-state index < -0.39 is 24.4 Å². The fourth-order valence-corrected chi connectivity index (χ4v) is 3.06. The van der Waals surface area contributed by atoms with E-state index in [0.717, 1.165) is 10.6 Å². The summed E-state index contributed by atoms with van der Waals surface area (Å²) >= 11 is 0. The normalized spacial score (nSPS) is 15.6. The monoisotopic (exact) mass is 410 g/mol. The van der Waals surface area contributed by atoms with Gasteiger partial charge >= 0.3 is 5.97 Å². The van der Waals surface area contributed by atoms with Gasteiger partial charge in [-0.1, -0.05) is 17.7 Å². The molecule has 0 aromatic heterocycles. The number of hydrazine groups is 1. The van der Waals surface area contributed by atoms with E-state index in [2.05, 4.69) is 5.43 Å². The molecule has 2 aromatic carbocycles. The van der Waals surface area contributed by atoms with Crippen molar-refractivity contribution in [3.8, 4) is 5.75 Å². The zero-order chi connectivity index (χ0) is 21.7. The largest absolute Gasteiger partial charge is 0.497 e. The van der Waals surface area contributed by atoms with Crippen LogP contribution < -0.4 is 10.2 Å². The summed E-state index contributed by atoms with van der Waals surface area (Å²) < 4.78 is 10.1. The molecule has 0 spiro atoms. The van der Waals surface area contributed by atoms with Gasteiger partial charge in [-0.2, -0.15) is 0 Å². The first-order valence-electron chi connectivity index (χ1n) is 9.39. The molecule has 1 aliphatic heterocycles. The first-order chi connectivity index (χ1) is 14.4. The van der Waals surface area contributed by atoms with Crippen LogP contribution in [0.1, 0.15) is 32.7 Å². The summed E-state index contributed by atoms with van der Waals surface area (Å²) in [6.45, 7) is 1.43. The van der Waals surface area contributed by atoms with Gasteiger partial charge in [0, 0.05) is 17.5 Å². The quantitative estimate of drug-likeness (QED) is 0.553. The second-order valence-corrected chi connectivity index (χ2v) is 6.98. The van der Waals surface area contributed by atoms with Crippen molar-refractivity contribution in [1.29, 1.82) is 0 Å². The van der Waals surface area contributed by atoms with Gasteiger partial charge in [-0.25, -0.2) is 0 Å². The third kappa shape index (κ3) is 5.02. The molecule has 2 aromatic rings. The van der Waals surface area contributed by atoms with E-state index in [1.54, 1.807) is 42.5 Å². The Hall–Kier alpha value is -3.68. The van der Waals surface area contributed by atoms with E-state index in [4.69, 9.17) is 9.47 Å². The lowest BCUT2D eigenvalue weighted by Gasteiger charge is -2.17. The number of Topliss-reactive ketones (excluding diaryl/α,β-unsaturated/α-hetero) is 1. The number of ether oxygens (including phenoxy) is 2. The van der Waals surface area contributed by atoms with Crippen molar-refractivity contribution in [2.45, 2.75) is 13.3 Å². The summed E-state index contributed by atoms with van der Waals surface area (Å²) in [5, 5.41) is 1.11. The molecule has 30 heavy (non-hydrogen) atoms. The second-order valence-electron chi connectivity index (χ2n) is 6.98. The van der Waals surface area contributed by atoms with Crippen LogP contribution >= 0.6 is 0 Å². The minimum absolute atomic E-state index is 0.00799. The highest BCUT2D eigenvalue weighted by Crippen LogP contribution is 2.18. The predicted molar refractivity (Wildman–Crippen MR) is 107 cm³/mol. The van der Waals surface area contributed by atoms with Crippen molar-refractivity contribution in [2.75, 3.05) is 20.3 Å². The summed E-state index contributed by atoms with van der Waals surface area (Å²) in [7, 11) is 1.52. The van der Waals surface area contributed by atoms with Crippen molar-refractivity contribution in [3.05, 3.63) is 65.2 Å². The summed E-state index contributed by atoms with van der Waals surface area (Å²) in [6.07, 6.45) is -0.0936. The molecule has 0 saturated carbocycles. The number of ketones is 1. The number of amides is 2. The van der Waals surface area contributed by atoms with Gasteiger partial charge in [-0.3, -0.25) is 29.6 Å². The fraction of sp³-hybridized carbons (Fsp3) is 0.273. The lowest BCUT2D eigenvalue weighted by Crippen LogP contribution is -2.43. The van der Waals surface area contributed by atoms with Gasteiger partial charge < -0.3 is 9.47 Å². The van der Waals surface area contributed by atoms with Crippen molar-refractivity contribution >= 4 is 23.6 Å². The number of nitrogens with one attached hydrogen (secondary N) is 1. The molecule has 8 heteroatoms. The molecule has 1 N–H and O–H groups in total. The highest BCUT2D eigenvalue weighted by molar-refractivity contribution is 5.99. The minimum Gasteiger partial charge on any atom is -0.497 e. The van der Waals surface area contributed by atoms with Gasteiger partial charge in [0.05, 0.1) is 19.6 Å². The van der Waals surface area contributed by atoms with Crippen LogP contribution in [0, 0.1) is 12.8 Å². The lowest BCUT2D eigenvalue weighted by atomic mass is 10.1. The van der Waals surface area contributed by atoms with E-state index in [9.17, 15) is 19.2 Å². The molecule has 1 saturated heterocycles. The summed E-state index contributed by atoms with van der Waals surface area (Å²) in [4.78, 5) is 48.9. The Morgan fingerprint density at radius 1 is 1.10 bits per heavy atom. The minimum atomic E-state index is -0.751. The fourth-order valence-electron chi connectivity index (χ4n) is 3.06. The van der Waals surface area contributed by atoms with E-state index in [0.29, 0.717) is 16.9 Å². The van der Waals surface area contributed by atoms with Gasteiger partial charge in [-0.05, 0) is 43.3 Å². The SMILES string of the molecule is COc1ccc(C(=O)COC(=O)[C@H]2CC(=O)N(NC(=O)c3cccc(C)c3)C2)cc1. The van der Waals surface area contributed by atoms with Crippen molar-refractivity contribution in [3.63, 3.8) is 0 Å². The molecule has 0 aliphatic carbocycles. The predicted octanol–water partition coefficient (Wildman–Crippen LogP) is 1.92. The Bertz CT molecular complexity index is 970. The second kappa shape index (κ2) is 9.21. The molecule has 8 nitrogen and oxygen atoms in total. The summed E-state index contributed by atoms with van der Waals surface area (Å²) in [5.74, 6) is -1.98. The van der Waals surface area contributed by atoms with Crippen LogP contribution in [0.2, 0.25) is 0 Å². The van der Waals surface area contributed by atoms with Crippen LogP contribution in [0.25, 0.3) is 0 Å². The number of carbonyl (C=O) groups is 4. The van der Waals surface area contributed by atoms with Crippen LogP contribution in [0.15, 0.2) is 48.5 Å². The molecular weight excluding hydrogens is 388 g/mol. The molecule has 0 radical (unpaired) electrons. The Morgan fingerprint density at radius 2 is 1.83 bits per heavy atom. The smallest absolute Gasteiger partial charge is 0.311 e. The van der Waals surface area contributed by atoms with Crippen LogP contribution in [-0.2, 0) is 14.3 Å². The van der Waals surface area contributed by atoms with Crippen LogP contribution in [0.4, 0.5) is 0 Å². The van der Waals surface area contributed by atoms with E-state index in [1.165, 1.54) is 7.11 Å². The first kappa shape index (κ1) is 21.0. The zero-order valence-electron chi connectivity index (χ0n) is 16.7. The number of hydrogen-bond acceptors (Lipinski definition) is 6. The first-order valence-corrected chi connectivity index (χ1v) is 9.39. The molecular formula is C22H22N2O6. The topological polar surface area (TPSA) is 102 Å². The zero-order valence-corrected chi connectivity index (χ0v) is 16.7. The van der Waals surface area contributed by atoms with Crippen molar-refractivity contribution in [2.24, 2.45) is 5.92 Å². The number of nitrogens with zero attached hydrogens (tertiary/aromatic N) is 1. The maximum atomic E-state index is 12.3. The molecule has 0 bridgehead atoms. The van der Waals surface area contributed by atoms with E-state index >= 15 is 0 Å². The number of benzene rings is 2. The molecule has 2 amide bonds. The Labute approximate surface area is 173 Å². The Morgan fingerprint density at radius 3 is 2.50 bits per heavy atom. The summed E-state index contributed by atoms with van der Waals surface area (Å²) in [6, 6.07) is 13.4. The number of methoxy groups -OCH3 is 1. The van der Waals surface area contributed by atoms with Gasteiger partial charge in [0.25, 0.3) is 5.91 Å². The number of esters is 1. The van der Waals surface area contributed by atoms with Crippen molar-refractivity contribution < 1.29 is 28.7 Å². The summed E-state index contributed by atoms with van der Waals surface area (Å²) in [5.41, 5.74) is 4.23. The highest BCUT2D eigenvalue weighted by Gasteiger charge is 2.36. The van der Waals surface area contributed by atoms with E-state index in [-0.39, 0.29) is 24.7 Å². The average molecular weight is 410 g/mol. The van der Waals surface area contributed by atoms with Gasteiger partial charge in [0.1, 0.15) is 5.75 Å². The molecule has 1 atom stereocenters. The Balaban J connectivity index is 1.51. The molecule has 1 aliphatic rings. The number of hydrogen-bond donors (Lipinski definition) is 1. The molecule has 1 fully saturated rings. The molecule has 0 unspecified atom stereocenters. The van der Waals surface area contributed by atoms with Gasteiger partial charge in [-0.15, -0.1) is 0 Å². The molecule has 3 rings (SSSR count). The molecule has 156 valence electrons. The van der Waals surface area contributed by atoms with Crippen molar-refractivity contribution in [1.82, 2.24) is 10.4 Å². The third-order valence-electron chi connectivity index (χ3n) is 4.73. The number of rotatable bonds is 7. The highest BCUT2D eigenvalue weighted by atomic mass is 16.5. The molecule has 1 heterocycles.